The van der Waals surface area contributed by atoms with Crippen LogP contribution in [0.25, 0.3) is 5.70 Å². The van der Waals surface area contributed by atoms with Crippen molar-refractivity contribution in [3.63, 3.8) is 0 Å². The predicted octanol–water partition coefficient (Wildman–Crippen LogP) is 1.37. The molecule has 1 atom stereocenters. The van der Waals surface area contributed by atoms with Gasteiger partial charge in [0.1, 0.15) is 5.70 Å². The lowest BCUT2D eigenvalue weighted by Gasteiger charge is -2.34. The highest BCUT2D eigenvalue weighted by molar-refractivity contribution is 9.10. The summed E-state index contributed by atoms with van der Waals surface area (Å²) >= 11 is 4.54. The highest BCUT2D eigenvalue weighted by Gasteiger charge is 2.34. The number of benzene rings is 2. The van der Waals surface area contributed by atoms with Gasteiger partial charge in [0, 0.05) is 10.8 Å². The van der Waals surface area contributed by atoms with Crippen LogP contribution in [0.15, 0.2) is 51.0 Å². The molecule has 1 amide bonds. The number of aromatic hydroxyl groups is 2. The summed E-state index contributed by atoms with van der Waals surface area (Å²) in [7, 11) is 0. The molecule has 0 radical (unpaired) electrons. The molecular weight excluding hydrogens is 420 g/mol. The smallest absolute Gasteiger partial charge is 0.276 e. The zero-order valence-electron chi connectivity index (χ0n) is 13.5. The molecule has 132 valence electrons. The average Bonchev–Trinajstić information content (AvgIpc) is 2.64. The average molecular weight is 433 g/mol. The monoisotopic (exact) mass is 432 g/mol. The second-order valence-electron chi connectivity index (χ2n) is 5.65. The first-order valence-corrected chi connectivity index (χ1v) is 9.63. The van der Waals surface area contributed by atoms with E-state index in [1.165, 1.54) is 17.8 Å². The van der Waals surface area contributed by atoms with Crippen LogP contribution in [0.3, 0.4) is 0 Å². The third kappa shape index (κ3) is 2.63. The van der Waals surface area contributed by atoms with E-state index in [0.717, 1.165) is 0 Å². The summed E-state index contributed by atoms with van der Waals surface area (Å²) in [5.74, 6) is -0.793. The minimum atomic E-state index is -0.657. The quantitative estimate of drug-likeness (QED) is 0.591. The van der Waals surface area contributed by atoms with E-state index in [1.807, 2.05) is 30.5 Å². The van der Waals surface area contributed by atoms with Crippen molar-refractivity contribution in [2.24, 2.45) is 10.1 Å². The normalized spacial score (nSPS) is 18.5. The number of nitrogens with one attached hydrogen (secondary N) is 1. The molecular formula is C17H13BrN4O3S. The minimum absolute atomic E-state index is 0.251. The van der Waals surface area contributed by atoms with Gasteiger partial charge in [-0.1, -0.05) is 30.0 Å². The molecule has 2 heterocycles. The van der Waals surface area contributed by atoms with Gasteiger partial charge >= 0.3 is 0 Å². The number of fused-ring (bicyclic) bond motifs is 2. The summed E-state index contributed by atoms with van der Waals surface area (Å²) in [6.07, 6.45) is 1.16. The summed E-state index contributed by atoms with van der Waals surface area (Å²) < 4.78 is 0.332. The lowest BCUT2D eigenvalue weighted by atomic mass is 10.1. The molecule has 0 fully saturated rings. The number of hydrazone groups is 1. The topological polar surface area (TPSA) is 97.5 Å². The van der Waals surface area contributed by atoms with Crippen molar-refractivity contribution >= 4 is 44.5 Å². The molecule has 2 aromatic carbocycles. The number of halogens is 1. The molecule has 4 rings (SSSR count). The highest BCUT2D eigenvalue weighted by Crippen LogP contribution is 2.39. The van der Waals surface area contributed by atoms with E-state index in [9.17, 15) is 15.0 Å². The fourth-order valence-corrected chi connectivity index (χ4v) is 3.72. The van der Waals surface area contributed by atoms with Gasteiger partial charge in [0.25, 0.3) is 5.91 Å². The summed E-state index contributed by atoms with van der Waals surface area (Å²) in [4.78, 5) is 17.4. The molecule has 2 aromatic rings. The van der Waals surface area contributed by atoms with Crippen LogP contribution in [0.2, 0.25) is 0 Å². The first kappa shape index (κ1) is 16.9. The minimum Gasteiger partial charge on any atom is -0.504 e. The van der Waals surface area contributed by atoms with E-state index in [1.54, 1.807) is 11.1 Å². The van der Waals surface area contributed by atoms with Gasteiger partial charge in [-0.3, -0.25) is 15.1 Å². The fourth-order valence-electron chi connectivity index (χ4n) is 2.89. The number of thioether (sulfide) groups is 1. The predicted molar refractivity (Wildman–Crippen MR) is 102 cm³/mol. The summed E-state index contributed by atoms with van der Waals surface area (Å²) in [6, 6.07) is 10.4. The van der Waals surface area contributed by atoms with Gasteiger partial charge in [-0.05, 0) is 40.4 Å². The Labute approximate surface area is 160 Å². The largest absolute Gasteiger partial charge is 0.504 e. The Balaban J connectivity index is 1.99. The van der Waals surface area contributed by atoms with Crippen LogP contribution in [0.1, 0.15) is 11.7 Å². The second kappa shape index (κ2) is 6.33. The van der Waals surface area contributed by atoms with Gasteiger partial charge in [0.15, 0.2) is 22.8 Å². The number of carbonyl (C=O) groups excluding carboxylic acids is 1. The maximum atomic E-state index is 12.7. The lowest BCUT2D eigenvalue weighted by molar-refractivity contribution is -0.116. The van der Waals surface area contributed by atoms with Crippen LogP contribution < -0.4 is 15.9 Å². The number of amidine groups is 1. The number of phenols is 2. The first-order valence-electron chi connectivity index (χ1n) is 7.61. The van der Waals surface area contributed by atoms with Crippen molar-refractivity contribution in [3.8, 4) is 11.5 Å². The third-order valence-corrected chi connectivity index (χ3v) is 5.25. The Hall–Kier alpha value is -2.52. The number of hydrogen-bond acceptors (Lipinski definition) is 7. The zero-order valence-corrected chi connectivity index (χ0v) is 15.9. The van der Waals surface area contributed by atoms with Crippen molar-refractivity contribution in [1.82, 2.24) is 10.3 Å². The fraction of sp³-hybridized carbons (Fsp3) is 0.118. The number of rotatable bonds is 1. The van der Waals surface area contributed by atoms with E-state index >= 15 is 0 Å². The standard InChI is InChI=1S/C17H13BrN4O3S/c1-26-17-20-16(25)13-9-4-2-3-5-11(9)19-15(22(13)21-17)8-6-10(18)14(24)12(23)7-8/h2-7,15,23-24H,1H3,(H,20,21,25). The zero-order chi connectivity index (χ0) is 18.4. The Kier molecular flexibility index (Phi) is 4.12. The molecule has 9 heteroatoms. The van der Waals surface area contributed by atoms with E-state index in [0.29, 0.717) is 31.5 Å². The summed E-state index contributed by atoms with van der Waals surface area (Å²) in [6.45, 7) is 0. The molecule has 0 saturated heterocycles. The molecule has 0 bridgehead atoms. The number of carbonyl (C=O) groups is 1. The van der Waals surface area contributed by atoms with Crippen molar-refractivity contribution in [3.05, 3.63) is 57.0 Å². The SMILES string of the molecule is CSC1=NN2C(=c3ccccc3=NC2c2cc(O)c(O)c(Br)c2)C(=O)N1. The maximum absolute atomic E-state index is 12.7. The van der Waals surface area contributed by atoms with Crippen LogP contribution in [-0.4, -0.2) is 32.6 Å². The van der Waals surface area contributed by atoms with E-state index in [4.69, 9.17) is 4.99 Å². The third-order valence-electron chi connectivity index (χ3n) is 4.07. The van der Waals surface area contributed by atoms with Gasteiger partial charge in [-0.15, -0.1) is 5.10 Å². The molecule has 0 spiro atoms. The van der Waals surface area contributed by atoms with Crippen molar-refractivity contribution in [1.29, 1.82) is 0 Å². The van der Waals surface area contributed by atoms with Gasteiger partial charge in [0.05, 0.1) is 9.83 Å². The molecule has 2 aliphatic heterocycles. The van der Waals surface area contributed by atoms with Crippen LogP contribution in [0.5, 0.6) is 11.5 Å². The molecule has 26 heavy (non-hydrogen) atoms. The van der Waals surface area contributed by atoms with Crippen molar-refractivity contribution in [2.75, 3.05) is 6.26 Å². The molecule has 1 unspecified atom stereocenters. The van der Waals surface area contributed by atoms with Crippen LogP contribution in [-0.2, 0) is 4.79 Å². The summed E-state index contributed by atoms with van der Waals surface area (Å²) in [5.41, 5.74) is 0.972. The van der Waals surface area contributed by atoms with Gasteiger partial charge in [-0.2, -0.15) is 0 Å². The number of nitrogens with zero attached hydrogens (tertiary/aromatic N) is 3. The van der Waals surface area contributed by atoms with Crippen LogP contribution >= 0.6 is 27.7 Å². The highest BCUT2D eigenvalue weighted by atomic mass is 79.9. The van der Waals surface area contributed by atoms with Crippen molar-refractivity contribution in [2.45, 2.75) is 6.17 Å². The molecule has 2 aliphatic rings. The molecule has 3 N–H and O–H groups in total. The van der Waals surface area contributed by atoms with E-state index < -0.39 is 6.17 Å². The van der Waals surface area contributed by atoms with Gasteiger partial charge in [-0.25, -0.2) is 5.01 Å². The van der Waals surface area contributed by atoms with Crippen molar-refractivity contribution < 1.29 is 15.0 Å². The number of amides is 1. The molecule has 7 nitrogen and oxygen atoms in total. The van der Waals surface area contributed by atoms with Gasteiger partial charge < -0.3 is 10.2 Å². The molecule has 0 saturated carbocycles. The first-order chi connectivity index (χ1) is 12.5. The van der Waals surface area contributed by atoms with E-state index in [2.05, 4.69) is 26.3 Å². The van der Waals surface area contributed by atoms with Crippen LogP contribution in [0.4, 0.5) is 0 Å². The number of phenolic OH excluding ortho intramolecular Hbond substituents is 2. The molecule has 0 aliphatic carbocycles. The van der Waals surface area contributed by atoms with Crippen LogP contribution in [0, 0.1) is 0 Å². The Morgan fingerprint density at radius 1 is 1.27 bits per heavy atom. The number of para-hydroxylation sites is 1. The Morgan fingerprint density at radius 2 is 2.04 bits per heavy atom. The van der Waals surface area contributed by atoms with Gasteiger partial charge in [0.2, 0.25) is 0 Å². The second-order valence-corrected chi connectivity index (χ2v) is 7.30. The van der Waals surface area contributed by atoms with E-state index in [-0.39, 0.29) is 17.4 Å². The summed E-state index contributed by atoms with van der Waals surface area (Å²) in [5, 5.41) is 30.4. The lowest BCUT2D eigenvalue weighted by Crippen LogP contribution is -2.50. The molecule has 0 aromatic heterocycles. The maximum Gasteiger partial charge on any atom is 0.276 e. The Bertz CT molecular complexity index is 1060. The Morgan fingerprint density at radius 3 is 2.77 bits per heavy atom. The number of hydrogen-bond donors (Lipinski definition) is 3.